The zero-order chi connectivity index (χ0) is 11.2. The van der Waals surface area contributed by atoms with Crippen molar-refractivity contribution in [3.05, 3.63) is 35.9 Å². The fourth-order valence-electron chi connectivity index (χ4n) is 2.64. The van der Waals surface area contributed by atoms with Crippen LogP contribution in [0.3, 0.4) is 0 Å². The average Bonchev–Trinajstić information content (AvgIpc) is 2.33. The first-order valence-electron chi connectivity index (χ1n) is 6.38. The number of rotatable bonds is 4. The summed E-state index contributed by atoms with van der Waals surface area (Å²) in [6.45, 7) is 3.07. The van der Waals surface area contributed by atoms with E-state index < -0.39 is 0 Å². The van der Waals surface area contributed by atoms with Crippen molar-refractivity contribution in [2.75, 3.05) is 19.6 Å². The van der Waals surface area contributed by atoms with Crippen LogP contribution in [-0.2, 0) is 6.42 Å². The van der Waals surface area contributed by atoms with Crippen molar-refractivity contribution in [3.8, 4) is 0 Å². The number of hydrogen-bond acceptors (Lipinski definition) is 2. The summed E-state index contributed by atoms with van der Waals surface area (Å²) in [4.78, 5) is 2.57. The summed E-state index contributed by atoms with van der Waals surface area (Å²) >= 11 is 0. The van der Waals surface area contributed by atoms with Crippen LogP contribution in [-0.4, -0.2) is 30.6 Å². The van der Waals surface area contributed by atoms with E-state index in [0.29, 0.717) is 6.04 Å². The lowest BCUT2D eigenvalue weighted by Gasteiger charge is -2.35. The van der Waals surface area contributed by atoms with E-state index in [1.54, 1.807) is 0 Å². The predicted molar refractivity (Wildman–Crippen MR) is 68.4 cm³/mol. The molecule has 1 aliphatic rings. The molecule has 0 spiro atoms. The molecule has 1 aliphatic heterocycles. The summed E-state index contributed by atoms with van der Waals surface area (Å²) in [5.41, 5.74) is 7.13. The molecule has 0 amide bonds. The Morgan fingerprint density at radius 1 is 1.19 bits per heavy atom. The van der Waals surface area contributed by atoms with Crippen LogP contribution in [0.2, 0.25) is 0 Å². The second kappa shape index (κ2) is 6.02. The number of hydrogen-bond donors (Lipinski definition) is 1. The molecule has 1 unspecified atom stereocenters. The van der Waals surface area contributed by atoms with Gasteiger partial charge in [-0.05, 0) is 31.4 Å². The Balaban J connectivity index is 1.96. The molecule has 1 atom stereocenters. The van der Waals surface area contributed by atoms with Crippen LogP contribution in [0, 0.1) is 0 Å². The first kappa shape index (κ1) is 11.6. The Kier molecular flexibility index (Phi) is 4.37. The number of likely N-dealkylation sites (tertiary alicyclic amines) is 1. The van der Waals surface area contributed by atoms with Crippen molar-refractivity contribution in [3.63, 3.8) is 0 Å². The van der Waals surface area contributed by atoms with Gasteiger partial charge in [0.25, 0.3) is 0 Å². The summed E-state index contributed by atoms with van der Waals surface area (Å²) in [7, 11) is 0. The van der Waals surface area contributed by atoms with E-state index in [1.165, 1.54) is 37.8 Å². The summed E-state index contributed by atoms with van der Waals surface area (Å²) < 4.78 is 0. The van der Waals surface area contributed by atoms with Crippen LogP contribution in [0.5, 0.6) is 0 Å². The Hall–Kier alpha value is -0.860. The lowest BCUT2D eigenvalue weighted by Crippen LogP contribution is -2.43. The zero-order valence-electron chi connectivity index (χ0n) is 9.94. The third kappa shape index (κ3) is 3.06. The van der Waals surface area contributed by atoms with Gasteiger partial charge < -0.3 is 5.73 Å². The van der Waals surface area contributed by atoms with E-state index in [0.717, 1.165) is 13.1 Å². The quantitative estimate of drug-likeness (QED) is 0.838. The molecule has 2 rings (SSSR count). The van der Waals surface area contributed by atoms with Gasteiger partial charge in [0, 0.05) is 19.1 Å². The molecule has 0 radical (unpaired) electrons. The van der Waals surface area contributed by atoms with Gasteiger partial charge in [-0.15, -0.1) is 0 Å². The monoisotopic (exact) mass is 218 g/mol. The van der Waals surface area contributed by atoms with Gasteiger partial charge in [0.15, 0.2) is 0 Å². The highest BCUT2D eigenvalue weighted by Gasteiger charge is 2.21. The molecule has 0 aliphatic carbocycles. The van der Waals surface area contributed by atoms with Crippen molar-refractivity contribution in [2.24, 2.45) is 5.73 Å². The molecule has 1 aromatic carbocycles. The van der Waals surface area contributed by atoms with Gasteiger partial charge in [-0.2, -0.15) is 0 Å². The summed E-state index contributed by atoms with van der Waals surface area (Å²) in [5, 5.41) is 0. The Morgan fingerprint density at radius 3 is 2.75 bits per heavy atom. The third-order valence-electron chi connectivity index (χ3n) is 3.48. The zero-order valence-corrected chi connectivity index (χ0v) is 9.94. The van der Waals surface area contributed by atoms with Crippen molar-refractivity contribution in [1.82, 2.24) is 4.90 Å². The van der Waals surface area contributed by atoms with Gasteiger partial charge in [-0.3, -0.25) is 4.90 Å². The van der Waals surface area contributed by atoms with Gasteiger partial charge in [0.1, 0.15) is 0 Å². The van der Waals surface area contributed by atoms with Crippen LogP contribution in [0.4, 0.5) is 0 Å². The molecule has 16 heavy (non-hydrogen) atoms. The van der Waals surface area contributed by atoms with Crippen LogP contribution in [0.1, 0.15) is 24.8 Å². The second-order valence-electron chi connectivity index (χ2n) is 4.66. The fourth-order valence-corrected chi connectivity index (χ4v) is 2.64. The molecule has 0 aromatic heterocycles. The lowest BCUT2D eigenvalue weighted by atomic mass is 9.95. The molecular formula is C14H22N2. The second-order valence-corrected chi connectivity index (χ2v) is 4.66. The van der Waals surface area contributed by atoms with Crippen LogP contribution in [0.25, 0.3) is 0 Å². The highest BCUT2D eigenvalue weighted by Crippen LogP contribution is 2.20. The minimum atomic E-state index is 0.708. The van der Waals surface area contributed by atoms with E-state index in [1.807, 2.05) is 0 Å². The van der Waals surface area contributed by atoms with Crippen molar-refractivity contribution in [1.29, 1.82) is 0 Å². The number of nitrogens with two attached hydrogens (primary N) is 1. The van der Waals surface area contributed by atoms with Crippen molar-refractivity contribution >= 4 is 0 Å². The minimum Gasteiger partial charge on any atom is -0.329 e. The summed E-state index contributed by atoms with van der Waals surface area (Å²) in [5.74, 6) is 0. The van der Waals surface area contributed by atoms with E-state index in [9.17, 15) is 0 Å². The summed E-state index contributed by atoms with van der Waals surface area (Å²) in [6.07, 6.45) is 5.22. The van der Waals surface area contributed by atoms with Gasteiger partial charge >= 0.3 is 0 Å². The topological polar surface area (TPSA) is 29.3 Å². The Morgan fingerprint density at radius 2 is 2.00 bits per heavy atom. The molecule has 1 aromatic rings. The van der Waals surface area contributed by atoms with Gasteiger partial charge in [0.05, 0.1) is 0 Å². The van der Waals surface area contributed by atoms with Crippen LogP contribution < -0.4 is 5.73 Å². The fraction of sp³-hybridized carbons (Fsp3) is 0.571. The van der Waals surface area contributed by atoms with E-state index in [2.05, 4.69) is 35.2 Å². The molecule has 0 saturated carbocycles. The SMILES string of the molecule is NCCN1CCCCC1Cc1ccccc1. The first-order chi connectivity index (χ1) is 7.90. The average molecular weight is 218 g/mol. The maximum absolute atomic E-state index is 5.67. The highest BCUT2D eigenvalue weighted by molar-refractivity contribution is 5.16. The number of nitrogens with zero attached hydrogens (tertiary/aromatic N) is 1. The van der Waals surface area contributed by atoms with Crippen molar-refractivity contribution < 1.29 is 0 Å². The third-order valence-corrected chi connectivity index (χ3v) is 3.48. The lowest BCUT2D eigenvalue weighted by molar-refractivity contribution is 0.152. The maximum Gasteiger partial charge on any atom is 0.0136 e. The normalized spacial score (nSPS) is 22.2. The van der Waals surface area contributed by atoms with E-state index >= 15 is 0 Å². The summed E-state index contributed by atoms with van der Waals surface area (Å²) in [6, 6.07) is 11.5. The minimum absolute atomic E-state index is 0.708. The molecule has 2 nitrogen and oxygen atoms in total. The Bertz CT molecular complexity index is 295. The van der Waals surface area contributed by atoms with E-state index in [-0.39, 0.29) is 0 Å². The first-order valence-corrected chi connectivity index (χ1v) is 6.38. The molecule has 2 heteroatoms. The molecule has 2 N–H and O–H groups in total. The number of benzene rings is 1. The van der Waals surface area contributed by atoms with Crippen LogP contribution in [0.15, 0.2) is 30.3 Å². The smallest absolute Gasteiger partial charge is 0.0136 e. The van der Waals surface area contributed by atoms with Crippen molar-refractivity contribution in [2.45, 2.75) is 31.7 Å². The maximum atomic E-state index is 5.67. The highest BCUT2D eigenvalue weighted by atomic mass is 15.2. The van der Waals surface area contributed by atoms with Crippen LogP contribution >= 0.6 is 0 Å². The molecule has 1 heterocycles. The van der Waals surface area contributed by atoms with Gasteiger partial charge in [-0.1, -0.05) is 36.8 Å². The molecule has 0 bridgehead atoms. The molecular weight excluding hydrogens is 196 g/mol. The van der Waals surface area contributed by atoms with Gasteiger partial charge in [0.2, 0.25) is 0 Å². The standard InChI is InChI=1S/C14H22N2/c15-9-11-16-10-5-4-8-14(16)12-13-6-2-1-3-7-13/h1-3,6-7,14H,4-5,8-12,15H2. The van der Waals surface area contributed by atoms with E-state index in [4.69, 9.17) is 5.73 Å². The predicted octanol–water partition coefficient (Wildman–Crippen LogP) is 2.04. The van der Waals surface area contributed by atoms with Gasteiger partial charge in [-0.25, -0.2) is 0 Å². The molecule has 88 valence electrons. The Labute approximate surface area is 98.4 Å². The molecule has 1 saturated heterocycles. The number of piperidine rings is 1. The largest absolute Gasteiger partial charge is 0.329 e. The molecule has 1 fully saturated rings.